The molecule has 0 saturated heterocycles. The summed E-state index contributed by atoms with van der Waals surface area (Å²) in [5.74, 6) is 0.612. The number of benzene rings is 2. The summed E-state index contributed by atoms with van der Waals surface area (Å²) < 4.78 is 3.78. The topological polar surface area (TPSA) is 43.8 Å². The van der Waals surface area contributed by atoms with Crippen LogP contribution < -0.4 is 5.73 Å². The molecule has 0 fully saturated rings. The molecule has 3 rings (SSSR count). The van der Waals surface area contributed by atoms with Crippen molar-refractivity contribution in [3.8, 4) is 16.9 Å². The van der Waals surface area contributed by atoms with Gasteiger partial charge in [-0.3, -0.25) is 0 Å². The lowest BCUT2D eigenvalue weighted by atomic mass is 10.2. The standard InChI is InChI=1S/C15H11Br2N3/c16-11-6-4-10(5-7-11)14-9-15(18)20(19-14)13-3-1-2-12(17)8-13/h1-9H,18H2. The highest BCUT2D eigenvalue weighted by Gasteiger charge is 2.09. The summed E-state index contributed by atoms with van der Waals surface area (Å²) in [6.45, 7) is 0. The summed E-state index contributed by atoms with van der Waals surface area (Å²) in [4.78, 5) is 0. The Morgan fingerprint density at radius 3 is 2.35 bits per heavy atom. The van der Waals surface area contributed by atoms with Gasteiger partial charge in [-0.15, -0.1) is 0 Å². The molecule has 0 radical (unpaired) electrons. The quantitative estimate of drug-likeness (QED) is 0.689. The Morgan fingerprint density at radius 2 is 1.65 bits per heavy atom. The van der Waals surface area contributed by atoms with Crippen LogP contribution in [-0.2, 0) is 0 Å². The van der Waals surface area contributed by atoms with E-state index in [1.165, 1.54) is 0 Å². The monoisotopic (exact) mass is 391 g/mol. The Labute approximate surface area is 133 Å². The summed E-state index contributed by atoms with van der Waals surface area (Å²) in [6, 6.07) is 17.8. The second-order valence-electron chi connectivity index (χ2n) is 4.35. The molecule has 0 unspecified atom stereocenters. The molecule has 3 nitrogen and oxygen atoms in total. The predicted molar refractivity (Wildman–Crippen MR) is 88.8 cm³/mol. The minimum Gasteiger partial charge on any atom is -0.384 e. The molecular weight excluding hydrogens is 382 g/mol. The second kappa shape index (κ2) is 5.42. The molecule has 100 valence electrons. The Hall–Kier alpha value is -1.59. The van der Waals surface area contributed by atoms with Gasteiger partial charge >= 0.3 is 0 Å². The number of aromatic nitrogens is 2. The van der Waals surface area contributed by atoms with Crippen LogP contribution in [0.4, 0.5) is 5.82 Å². The number of nitrogen functional groups attached to an aromatic ring is 1. The van der Waals surface area contributed by atoms with Crippen molar-refractivity contribution in [2.24, 2.45) is 0 Å². The van der Waals surface area contributed by atoms with E-state index in [-0.39, 0.29) is 0 Å². The lowest BCUT2D eigenvalue weighted by Gasteiger charge is -2.04. The minimum absolute atomic E-state index is 0.612. The number of hydrogen-bond acceptors (Lipinski definition) is 2. The van der Waals surface area contributed by atoms with Gasteiger partial charge in [-0.05, 0) is 30.3 Å². The Balaban J connectivity index is 2.05. The molecule has 0 atom stereocenters. The highest BCUT2D eigenvalue weighted by Crippen LogP contribution is 2.25. The molecule has 20 heavy (non-hydrogen) atoms. The molecular formula is C15H11Br2N3. The van der Waals surface area contributed by atoms with Crippen molar-refractivity contribution in [1.29, 1.82) is 0 Å². The van der Waals surface area contributed by atoms with Crippen molar-refractivity contribution in [3.05, 3.63) is 63.5 Å². The zero-order chi connectivity index (χ0) is 14.1. The van der Waals surface area contributed by atoms with Crippen LogP contribution in [-0.4, -0.2) is 9.78 Å². The Bertz CT molecular complexity index is 748. The predicted octanol–water partition coefficient (Wildman–Crippen LogP) is 4.65. The molecule has 2 aromatic carbocycles. The van der Waals surface area contributed by atoms with E-state index in [1.54, 1.807) is 4.68 Å². The summed E-state index contributed by atoms with van der Waals surface area (Å²) in [6.07, 6.45) is 0. The van der Waals surface area contributed by atoms with E-state index in [2.05, 4.69) is 37.0 Å². The summed E-state index contributed by atoms with van der Waals surface area (Å²) in [5.41, 5.74) is 8.89. The summed E-state index contributed by atoms with van der Waals surface area (Å²) >= 11 is 6.88. The molecule has 1 heterocycles. The number of hydrogen-bond donors (Lipinski definition) is 1. The van der Waals surface area contributed by atoms with Gasteiger partial charge in [-0.1, -0.05) is 50.1 Å². The van der Waals surface area contributed by atoms with Crippen LogP contribution in [0, 0.1) is 0 Å². The third-order valence-electron chi connectivity index (χ3n) is 2.93. The van der Waals surface area contributed by atoms with Gasteiger partial charge in [-0.25, -0.2) is 4.68 Å². The first-order valence-electron chi connectivity index (χ1n) is 6.01. The van der Waals surface area contributed by atoms with E-state index >= 15 is 0 Å². The van der Waals surface area contributed by atoms with Crippen LogP contribution >= 0.6 is 31.9 Å². The van der Waals surface area contributed by atoms with Crippen LogP contribution in [0.25, 0.3) is 16.9 Å². The highest BCUT2D eigenvalue weighted by molar-refractivity contribution is 9.10. The van der Waals surface area contributed by atoms with Gasteiger partial charge in [0.1, 0.15) is 5.82 Å². The van der Waals surface area contributed by atoms with Gasteiger partial charge < -0.3 is 5.73 Å². The van der Waals surface area contributed by atoms with Crippen LogP contribution in [0.3, 0.4) is 0 Å². The summed E-state index contributed by atoms with van der Waals surface area (Å²) in [7, 11) is 0. The van der Waals surface area contributed by atoms with Gasteiger partial charge in [0, 0.05) is 20.6 Å². The number of halogens is 2. The fraction of sp³-hybridized carbons (Fsp3) is 0. The van der Waals surface area contributed by atoms with Crippen molar-refractivity contribution in [3.63, 3.8) is 0 Å². The lowest BCUT2D eigenvalue weighted by molar-refractivity contribution is 0.894. The molecule has 0 aliphatic heterocycles. The smallest absolute Gasteiger partial charge is 0.127 e. The number of nitrogens with two attached hydrogens (primary N) is 1. The van der Waals surface area contributed by atoms with Crippen molar-refractivity contribution >= 4 is 37.7 Å². The fourth-order valence-electron chi connectivity index (χ4n) is 1.97. The first-order valence-corrected chi connectivity index (χ1v) is 7.59. The molecule has 0 saturated carbocycles. The minimum atomic E-state index is 0.612. The zero-order valence-electron chi connectivity index (χ0n) is 10.4. The average Bonchev–Trinajstić information content (AvgIpc) is 2.82. The maximum absolute atomic E-state index is 6.07. The van der Waals surface area contributed by atoms with Gasteiger partial charge in [0.05, 0.1) is 11.4 Å². The van der Waals surface area contributed by atoms with Crippen LogP contribution in [0.1, 0.15) is 0 Å². The Kier molecular flexibility index (Phi) is 3.63. The third-order valence-corrected chi connectivity index (χ3v) is 3.95. The van der Waals surface area contributed by atoms with E-state index < -0.39 is 0 Å². The van der Waals surface area contributed by atoms with Gasteiger partial charge in [0.15, 0.2) is 0 Å². The van der Waals surface area contributed by atoms with Crippen molar-refractivity contribution in [2.45, 2.75) is 0 Å². The SMILES string of the molecule is Nc1cc(-c2ccc(Br)cc2)nn1-c1cccc(Br)c1. The number of nitrogens with zero attached hydrogens (tertiary/aromatic N) is 2. The zero-order valence-corrected chi connectivity index (χ0v) is 13.6. The van der Waals surface area contributed by atoms with Crippen LogP contribution in [0.2, 0.25) is 0 Å². The van der Waals surface area contributed by atoms with Crippen molar-refractivity contribution in [2.75, 3.05) is 5.73 Å². The fourth-order valence-corrected chi connectivity index (χ4v) is 2.62. The molecule has 0 aliphatic carbocycles. The number of rotatable bonds is 2. The van der Waals surface area contributed by atoms with E-state index in [0.717, 1.165) is 25.9 Å². The van der Waals surface area contributed by atoms with Crippen LogP contribution in [0.5, 0.6) is 0 Å². The van der Waals surface area contributed by atoms with E-state index in [9.17, 15) is 0 Å². The lowest BCUT2D eigenvalue weighted by Crippen LogP contribution is -2.01. The van der Waals surface area contributed by atoms with Crippen molar-refractivity contribution < 1.29 is 0 Å². The van der Waals surface area contributed by atoms with E-state index in [1.807, 2.05) is 54.6 Å². The van der Waals surface area contributed by atoms with Gasteiger partial charge in [0.25, 0.3) is 0 Å². The maximum Gasteiger partial charge on any atom is 0.127 e. The largest absolute Gasteiger partial charge is 0.384 e. The van der Waals surface area contributed by atoms with Gasteiger partial charge in [0.2, 0.25) is 0 Å². The Morgan fingerprint density at radius 1 is 0.900 bits per heavy atom. The molecule has 3 aromatic rings. The average molecular weight is 393 g/mol. The third kappa shape index (κ3) is 2.64. The molecule has 0 aliphatic rings. The molecule has 5 heteroatoms. The first-order chi connectivity index (χ1) is 9.63. The summed E-state index contributed by atoms with van der Waals surface area (Å²) in [5, 5.41) is 4.58. The highest BCUT2D eigenvalue weighted by atomic mass is 79.9. The first kappa shape index (κ1) is 13.4. The maximum atomic E-state index is 6.07. The van der Waals surface area contributed by atoms with Crippen LogP contribution in [0.15, 0.2) is 63.5 Å². The molecule has 0 bridgehead atoms. The molecule has 2 N–H and O–H groups in total. The molecule has 0 spiro atoms. The van der Waals surface area contributed by atoms with E-state index in [0.29, 0.717) is 5.82 Å². The molecule has 0 amide bonds. The number of anilines is 1. The van der Waals surface area contributed by atoms with Crippen molar-refractivity contribution in [1.82, 2.24) is 9.78 Å². The molecule has 1 aromatic heterocycles. The van der Waals surface area contributed by atoms with Gasteiger partial charge in [-0.2, -0.15) is 5.10 Å². The van der Waals surface area contributed by atoms with E-state index in [4.69, 9.17) is 5.73 Å². The normalized spacial score (nSPS) is 10.7. The second-order valence-corrected chi connectivity index (χ2v) is 6.18.